The Balaban J connectivity index is 2.37. The van der Waals surface area contributed by atoms with Crippen molar-refractivity contribution in [1.29, 1.82) is 0 Å². The quantitative estimate of drug-likeness (QED) is 0.675. The number of ether oxygens (including phenoxy) is 2. The van der Waals surface area contributed by atoms with Crippen LogP contribution in [0.1, 0.15) is 17.3 Å². The fraction of sp³-hybridized carbons (Fsp3) is 0.188. The van der Waals surface area contributed by atoms with Crippen molar-refractivity contribution in [2.24, 2.45) is 0 Å². The third-order valence-electron chi connectivity index (χ3n) is 2.79. The first kappa shape index (κ1) is 15.3. The van der Waals surface area contributed by atoms with Crippen LogP contribution in [-0.2, 0) is 4.74 Å². The Hall–Kier alpha value is -2.14. The number of esters is 1. The third-order valence-corrected chi connectivity index (χ3v) is 3.92. The van der Waals surface area contributed by atoms with Crippen molar-refractivity contribution < 1.29 is 14.3 Å². The Bertz CT molecular complexity index is 643. The first-order valence-electron chi connectivity index (χ1n) is 6.53. The molecule has 5 heteroatoms. The Labute approximate surface area is 128 Å². The van der Waals surface area contributed by atoms with Gasteiger partial charge in [0, 0.05) is 10.6 Å². The van der Waals surface area contributed by atoms with Crippen molar-refractivity contribution in [3.05, 3.63) is 48.0 Å². The number of carbonyl (C=O) groups is 1. The van der Waals surface area contributed by atoms with Crippen molar-refractivity contribution in [2.45, 2.75) is 16.7 Å². The van der Waals surface area contributed by atoms with Crippen molar-refractivity contribution in [1.82, 2.24) is 0 Å². The minimum Gasteiger partial charge on any atom is -0.496 e. The second-order valence-corrected chi connectivity index (χ2v) is 5.31. The lowest BCUT2D eigenvalue weighted by Crippen LogP contribution is -2.07. The van der Waals surface area contributed by atoms with Crippen LogP contribution in [0.15, 0.2) is 52.3 Å². The second-order valence-electron chi connectivity index (χ2n) is 4.23. The van der Waals surface area contributed by atoms with Gasteiger partial charge in [0.05, 0.1) is 24.2 Å². The van der Waals surface area contributed by atoms with Crippen LogP contribution in [0.4, 0.5) is 5.69 Å². The molecule has 0 amide bonds. The zero-order valence-electron chi connectivity index (χ0n) is 12.0. The first-order valence-corrected chi connectivity index (χ1v) is 7.35. The second kappa shape index (κ2) is 7.04. The largest absolute Gasteiger partial charge is 0.496 e. The SMILES string of the molecule is CCOC(=O)c1cc(N)ccc1Sc1ccccc1OC. The van der Waals surface area contributed by atoms with E-state index < -0.39 is 0 Å². The number of nitrogens with two attached hydrogens (primary N) is 1. The molecule has 2 aromatic rings. The van der Waals surface area contributed by atoms with E-state index in [9.17, 15) is 4.79 Å². The van der Waals surface area contributed by atoms with Gasteiger partial charge < -0.3 is 15.2 Å². The van der Waals surface area contributed by atoms with E-state index in [1.807, 2.05) is 30.3 Å². The van der Waals surface area contributed by atoms with Crippen molar-refractivity contribution in [3.63, 3.8) is 0 Å². The van der Waals surface area contributed by atoms with E-state index in [0.29, 0.717) is 17.9 Å². The van der Waals surface area contributed by atoms with Gasteiger partial charge in [0.1, 0.15) is 5.75 Å². The number of nitrogen functional groups attached to an aromatic ring is 1. The molecule has 0 saturated heterocycles. The lowest BCUT2D eigenvalue weighted by molar-refractivity contribution is 0.0522. The van der Waals surface area contributed by atoms with Crippen LogP contribution in [0, 0.1) is 0 Å². The van der Waals surface area contributed by atoms with Gasteiger partial charge in [-0.1, -0.05) is 23.9 Å². The molecule has 0 unspecified atom stereocenters. The van der Waals surface area contributed by atoms with Gasteiger partial charge in [-0.05, 0) is 37.3 Å². The van der Waals surface area contributed by atoms with Crippen LogP contribution in [-0.4, -0.2) is 19.7 Å². The monoisotopic (exact) mass is 303 g/mol. The van der Waals surface area contributed by atoms with E-state index in [4.69, 9.17) is 15.2 Å². The molecule has 0 aliphatic rings. The van der Waals surface area contributed by atoms with Crippen molar-refractivity contribution >= 4 is 23.4 Å². The van der Waals surface area contributed by atoms with Crippen LogP contribution < -0.4 is 10.5 Å². The summed E-state index contributed by atoms with van der Waals surface area (Å²) in [6.07, 6.45) is 0. The van der Waals surface area contributed by atoms with E-state index in [2.05, 4.69) is 0 Å². The Kier molecular flexibility index (Phi) is 5.11. The molecule has 2 aromatic carbocycles. The smallest absolute Gasteiger partial charge is 0.339 e. The molecule has 2 N–H and O–H groups in total. The lowest BCUT2D eigenvalue weighted by atomic mass is 10.2. The Morgan fingerprint density at radius 1 is 1.19 bits per heavy atom. The van der Waals surface area contributed by atoms with Gasteiger partial charge in [-0.15, -0.1) is 0 Å². The zero-order chi connectivity index (χ0) is 15.2. The first-order chi connectivity index (χ1) is 10.2. The van der Waals surface area contributed by atoms with Gasteiger partial charge in [0.15, 0.2) is 0 Å². The molecular weight excluding hydrogens is 286 g/mol. The topological polar surface area (TPSA) is 61.5 Å². The summed E-state index contributed by atoms with van der Waals surface area (Å²) in [5, 5.41) is 0. The molecule has 2 rings (SSSR count). The van der Waals surface area contributed by atoms with Crippen LogP contribution in [0.25, 0.3) is 0 Å². The summed E-state index contributed by atoms with van der Waals surface area (Å²) in [6.45, 7) is 2.10. The maximum absolute atomic E-state index is 12.0. The highest BCUT2D eigenvalue weighted by Crippen LogP contribution is 2.37. The fourth-order valence-corrected chi connectivity index (χ4v) is 2.85. The standard InChI is InChI=1S/C16H17NO3S/c1-3-20-16(18)12-10-11(17)8-9-14(12)21-15-7-5-4-6-13(15)19-2/h4-10H,3,17H2,1-2H3. The number of benzene rings is 2. The molecule has 0 aromatic heterocycles. The predicted molar refractivity (Wildman–Crippen MR) is 83.9 cm³/mol. The number of para-hydroxylation sites is 1. The summed E-state index contributed by atoms with van der Waals surface area (Å²) in [4.78, 5) is 13.8. The minimum absolute atomic E-state index is 0.326. The predicted octanol–water partition coefficient (Wildman–Crippen LogP) is 3.61. The maximum Gasteiger partial charge on any atom is 0.339 e. The highest BCUT2D eigenvalue weighted by atomic mass is 32.2. The van der Waals surface area contributed by atoms with Gasteiger partial charge in [0.2, 0.25) is 0 Å². The van der Waals surface area contributed by atoms with Crippen LogP contribution in [0.5, 0.6) is 5.75 Å². The maximum atomic E-state index is 12.0. The highest BCUT2D eigenvalue weighted by molar-refractivity contribution is 7.99. The molecule has 0 bridgehead atoms. The lowest BCUT2D eigenvalue weighted by Gasteiger charge is -2.11. The molecule has 0 fully saturated rings. The summed E-state index contributed by atoms with van der Waals surface area (Å²) in [5.41, 5.74) is 6.76. The molecule has 0 aliphatic carbocycles. The Morgan fingerprint density at radius 2 is 1.95 bits per heavy atom. The van der Waals surface area contributed by atoms with Crippen molar-refractivity contribution in [2.75, 3.05) is 19.5 Å². The molecule has 0 saturated carbocycles. The van der Waals surface area contributed by atoms with E-state index in [1.54, 1.807) is 26.2 Å². The minimum atomic E-state index is -0.373. The van der Waals surface area contributed by atoms with E-state index in [0.717, 1.165) is 15.5 Å². The van der Waals surface area contributed by atoms with Gasteiger partial charge in [0.25, 0.3) is 0 Å². The van der Waals surface area contributed by atoms with Crippen molar-refractivity contribution in [3.8, 4) is 5.75 Å². The number of methoxy groups -OCH3 is 1. The fourth-order valence-electron chi connectivity index (χ4n) is 1.83. The highest BCUT2D eigenvalue weighted by Gasteiger charge is 2.15. The van der Waals surface area contributed by atoms with E-state index in [-0.39, 0.29) is 5.97 Å². The average molecular weight is 303 g/mol. The number of hydrogen-bond acceptors (Lipinski definition) is 5. The molecule has 0 spiro atoms. The number of carbonyl (C=O) groups excluding carboxylic acids is 1. The summed E-state index contributed by atoms with van der Waals surface area (Å²) < 4.78 is 10.4. The van der Waals surface area contributed by atoms with Gasteiger partial charge in [-0.2, -0.15) is 0 Å². The molecule has 4 nitrogen and oxygen atoms in total. The Morgan fingerprint density at radius 3 is 2.67 bits per heavy atom. The third kappa shape index (κ3) is 3.70. The molecule has 0 heterocycles. The normalized spacial score (nSPS) is 10.2. The number of anilines is 1. The molecule has 110 valence electrons. The molecular formula is C16H17NO3S. The van der Waals surface area contributed by atoms with Crippen LogP contribution >= 0.6 is 11.8 Å². The summed E-state index contributed by atoms with van der Waals surface area (Å²) >= 11 is 1.45. The van der Waals surface area contributed by atoms with Gasteiger partial charge in [-0.3, -0.25) is 0 Å². The van der Waals surface area contributed by atoms with Gasteiger partial charge in [-0.25, -0.2) is 4.79 Å². The van der Waals surface area contributed by atoms with E-state index >= 15 is 0 Å². The van der Waals surface area contributed by atoms with Crippen LogP contribution in [0.3, 0.4) is 0 Å². The zero-order valence-corrected chi connectivity index (χ0v) is 12.8. The number of rotatable bonds is 5. The average Bonchev–Trinajstić information content (AvgIpc) is 2.49. The summed E-state index contributed by atoms with van der Waals surface area (Å²) in [7, 11) is 1.62. The van der Waals surface area contributed by atoms with Crippen LogP contribution in [0.2, 0.25) is 0 Å². The number of hydrogen-bond donors (Lipinski definition) is 1. The molecule has 0 aliphatic heterocycles. The van der Waals surface area contributed by atoms with Gasteiger partial charge >= 0.3 is 5.97 Å². The summed E-state index contributed by atoms with van der Waals surface area (Å²) in [5.74, 6) is 0.385. The molecule has 0 atom stereocenters. The summed E-state index contributed by atoms with van der Waals surface area (Å²) in [6, 6.07) is 12.9. The molecule has 0 radical (unpaired) electrons. The molecule has 21 heavy (non-hydrogen) atoms. The van der Waals surface area contributed by atoms with E-state index in [1.165, 1.54) is 11.8 Å².